The molecule has 2 aromatic carbocycles. The molecule has 2 aromatic rings. The van der Waals surface area contributed by atoms with Crippen molar-refractivity contribution >= 4 is 23.0 Å². The first-order chi connectivity index (χ1) is 9.66. The fraction of sp³-hybridized carbons (Fsp3) is 0.250. The zero-order chi connectivity index (χ0) is 14.1. The van der Waals surface area contributed by atoms with Gasteiger partial charge in [0.05, 0.1) is 11.4 Å². The molecular weight excluding hydrogens is 275 g/mol. The molecule has 1 unspecified atom stereocenters. The van der Waals surface area contributed by atoms with Gasteiger partial charge in [-0.3, -0.25) is 0 Å². The molecule has 1 aliphatic rings. The summed E-state index contributed by atoms with van der Waals surface area (Å²) in [5.41, 5.74) is 2.72. The molecule has 4 heteroatoms. The third-order valence-electron chi connectivity index (χ3n) is 3.72. The third kappa shape index (κ3) is 2.34. The van der Waals surface area contributed by atoms with Gasteiger partial charge in [-0.25, -0.2) is 4.39 Å². The van der Waals surface area contributed by atoms with E-state index in [1.54, 1.807) is 12.1 Å². The maximum absolute atomic E-state index is 14.0. The molecule has 2 nitrogen and oxygen atoms in total. The summed E-state index contributed by atoms with van der Waals surface area (Å²) < 4.78 is 14.0. The van der Waals surface area contributed by atoms with E-state index in [-0.39, 0.29) is 11.9 Å². The summed E-state index contributed by atoms with van der Waals surface area (Å²) in [6, 6.07) is 13.2. The third-order valence-corrected chi connectivity index (χ3v) is 4.08. The first-order valence-electron chi connectivity index (χ1n) is 6.69. The minimum Gasteiger partial charge on any atom is -0.381 e. The van der Waals surface area contributed by atoms with Gasteiger partial charge in [0.25, 0.3) is 0 Å². The first kappa shape index (κ1) is 13.3. The van der Waals surface area contributed by atoms with Gasteiger partial charge in [0, 0.05) is 29.7 Å². The molecular formula is C16H16ClFN2. The smallest absolute Gasteiger partial charge is 0.129 e. The van der Waals surface area contributed by atoms with E-state index in [2.05, 4.69) is 17.1 Å². The van der Waals surface area contributed by atoms with E-state index in [0.717, 1.165) is 17.9 Å². The summed E-state index contributed by atoms with van der Waals surface area (Å²) >= 11 is 6.14. The molecule has 0 aromatic heterocycles. The van der Waals surface area contributed by atoms with Gasteiger partial charge in [-0.2, -0.15) is 0 Å². The number of nitrogens with zero attached hydrogens (tertiary/aromatic N) is 1. The highest BCUT2D eigenvalue weighted by Gasteiger charge is 2.24. The number of anilines is 2. The Morgan fingerprint density at radius 2 is 2.05 bits per heavy atom. The minimum atomic E-state index is -0.249. The molecule has 0 spiro atoms. The molecule has 1 heterocycles. The normalized spacial score (nSPS) is 17.6. The van der Waals surface area contributed by atoms with E-state index in [9.17, 15) is 4.39 Å². The molecule has 104 valence electrons. The zero-order valence-corrected chi connectivity index (χ0v) is 12.0. The van der Waals surface area contributed by atoms with Crippen LogP contribution >= 0.6 is 11.6 Å². The Hall–Kier alpha value is -1.74. The Morgan fingerprint density at radius 1 is 1.25 bits per heavy atom. The molecule has 0 saturated heterocycles. The van der Waals surface area contributed by atoms with Crippen LogP contribution in [-0.4, -0.2) is 12.6 Å². The minimum absolute atomic E-state index is 0.249. The van der Waals surface area contributed by atoms with E-state index in [1.807, 2.05) is 24.3 Å². The molecule has 3 rings (SSSR count). The predicted octanol–water partition coefficient (Wildman–Crippen LogP) is 4.30. The summed E-state index contributed by atoms with van der Waals surface area (Å²) in [7, 11) is 0. The van der Waals surface area contributed by atoms with E-state index in [4.69, 9.17) is 11.6 Å². The predicted molar refractivity (Wildman–Crippen MR) is 82.0 cm³/mol. The van der Waals surface area contributed by atoms with Crippen LogP contribution in [0.15, 0.2) is 42.5 Å². The largest absolute Gasteiger partial charge is 0.381 e. The number of rotatable bonds is 2. The Balaban J connectivity index is 1.98. The van der Waals surface area contributed by atoms with Crippen LogP contribution in [0.25, 0.3) is 0 Å². The highest BCUT2D eigenvalue weighted by atomic mass is 35.5. The van der Waals surface area contributed by atoms with Crippen LogP contribution in [0, 0.1) is 5.82 Å². The number of hydrogen-bond acceptors (Lipinski definition) is 2. The molecule has 0 fully saturated rings. The highest BCUT2D eigenvalue weighted by Crippen LogP contribution is 2.33. The second-order valence-electron chi connectivity index (χ2n) is 5.08. The molecule has 1 atom stereocenters. The van der Waals surface area contributed by atoms with E-state index >= 15 is 0 Å². The second kappa shape index (κ2) is 5.33. The monoisotopic (exact) mass is 290 g/mol. The molecule has 1 N–H and O–H groups in total. The maximum atomic E-state index is 14.0. The van der Waals surface area contributed by atoms with Crippen molar-refractivity contribution in [2.24, 2.45) is 0 Å². The molecule has 0 aliphatic carbocycles. The summed E-state index contributed by atoms with van der Waals surface area (Å²) in [4.78, 5) is 2.19. The van der Waals surface area contributed by atoms with Crippen molar-refractivity contribution in [2.75, 3.05) is 16.8 Å². The molecule has 0 saturated carbocycles. The molecule has 0 amide bonds. The van der Waals surface area contributed by atoms with Gasteiger partial charge in [0.2, 0.25) is 0 Å². The van der Waals surface area contributed by atoms with E-state index < -0.39 is 0 Å². The average molecular weight is 291 g/mol. The Kier molecular flexibility index (Phi) is 3.53. The van der Waals surface area contributed by atoms with Crippen molar-refractivity contribution in [1.29, 1.82) is 0 Å². The number of para-hydroxylation sites is 2. The van der Waals surface area contributed by atoms with Crippen molar-refractivity contribution in [3.05, 3.63) is 58.9 Å². The topological polar surface area (TPSA) is 15.3 Å². The average Bonchev–Trinajstić information content (AvgIpc) is 2.45. The standard InChI is InChI=1S/C16H16ClFN2/c1-11-9-19-15-7-2-3-8-16(15)20(11)10-12-13(17)5-4-6-14(12)18/h2-8,11,19H,9-10H2,1H3. The summed E-state index contributed by atoms with van der Waals surface area (Å²) in [5, 5.41) is 3.87. The van der Waals surface area contributed by atoms with Gasteiger partial charge in [0.1, 0.15) is 5.82 Å². The van der Waals surface area contributed by atoms with Gasteiger partial charge >= 0.3 is 0 Å². The van der Waals surface area contributed by atoms with Gasteiger partial charge in [-0.15, -0.1) is 0 Å². The van der Waals surface area contributed by atoms with Crippen LogP contribution in [0.5, 0.6) is 0 Å². The SMILES string of the molecule is CC1CNc2ccccc2N1Cc1c(F)cccc1Cl. The van der Waals surface area contributed by atoms with Crippen LogP contribution in [0.1, 0.15) is 12.5 Å². The van der Waals surface area contributed by atoms with Gasteiger partial charge < -0.3 is 10.2 Å². The zero-order valence-electron chi connectivity index (χ0n) is 11.2. The number of fused-ring (bicyclic) bond motifs is 1. The number of halogens is 2. The Labute approximate surface area is 123 Å². The van der Waals surface area contributed by atoms with Crippen molar-refractivity contribution in [3.8, 4) is 0 Å². The molecule has 20 heavy (non-hydrogen) atoms. The number of hydrogen-bond donors (Lipinski definition) is 1. The second-order valence-corrected chi connectivity index (χ2v) is 5.48. The lowest BCUT2D eigenvalue weighted by atomic mass is 10.1. The summed E-state index contributed by atoms with van der Waals surface area (Å²) in [6.45, 7) is 3.44. The van der Waals surface area contributed by atoms with Crippen LogP contribution in [0.2, 0.25) is 5.02 Å². The lowest BCUT2D eigenvalue weighted by Crippen LogP contribution is -2.41. The molecule has 1 aliphatic heterocycles. The molecule has 0 bridgehead atoms. The van der Waals surface area contributed by atoms with E-state index in [0.29, 0.717) is 17.1 Å². The Bertz CT molecular complexity index is 609. The molecule has 0 radical (unpaired) electrons. The number of benzene rings is 2. The lowest BCUT2D eigenvalue weighted by Gasteiger charge is -2.38. The fourth-order valence-corrected chi connectivity index (χ4v) is 2.80. The number of nitrogens with one attached hydrogen (secondary N) is 1. The van der Waals surface area contributed by atoms with E-state index in [1.165, 1.54) is 6.07 Å². The fourth-order valence-electron chi connectivity index (χ4n) is 2.57. The highest BCUT2D eigenvalue weighted by molar-refractivity contribution is 6.31. The maximum Gasteiger partial charge on any atom is 0.129 e. The van der Waals surface area contributed by atoms with Crippen molar-refractivity contribution in [2.45, 2.75) is 19.5 Å². The van der Waals surface area contributed by atoms with Crippen LogP contribution in [0.4, 0.5) is 15.8 Å². The van der Waals surface area contributed by atoms with Crippen LogP contribution in [-0.2, 0) is 6.54 Å². The van der Waals surface area contributed by atoms with Gasteiger partial charge in [-0.1, -0.05) is 29.8 Å². The summed E-state index contributed by atoms with van der Waals surface area (Å²) in [5.74, 6) is -0.249. The summed E-state index contributed by atoms with van der Waals surface area (Å²) in [6.07, 6.45) is 0. The quantitative estimate of drug-likeness (QED) is 0.887. The Morgan fingerprint density at radius 3 is 2.85 bits per heavy atom. The van der Waals surface area contributed by atoms with Crippen molar-refractivity contribution in [3.63, 3.8) is 0 Å². The van der Waals surface area contributed by atoms with Crippen molar-refractivity contribution in [1.82, 2.24) is 0 Å². The lowest BCUT2D eigenvalue weighted by molar-refractivity contribution is 0.585. The van der Waals surface area contributed by atoms with Gasteiger partial charge in [-0.05, 0) is 31.2 Å². The first-order valence-corrected chi connectivity index (χ1v) is 7.07. The van der Waals surface area contributed by atoms with Crippen LogP contribution in [0.3, 0.4) is 0 Å². The van der Waals surface area contributed by atoms with Gasteiger partial charge in [0.15, 0.2) is 0 Å². The van der Waals surface area contributed by atoms with Crippen LogP contribution < -0.4 is 10.2 Å². The van der Waals surface area contributed by atoms with Crippen molar-refractivity contribution < 1.29 is 4.39 Å².